The lowest BCUT2D eigenvalue weighted by atomic mass is 10.3. The van der Waals surface area contributed by atoms with E-state index in [1.807, 2.05) is 6.07 Å². The Morgan fingerprint density at radius 1 is 1.17 bits per heavy atom. The Bertz CT molecular complexity index is 740. The molecule has 2 N–H and O–H groups in total. The second kappa shape index (κ2) is 8.12. The van der Waals surface area contributed by atoms with Gasteiger partial charge in [0.25, 0.3) is 0 Å². The van der Waals surface area contributed by atoms with E-state index in [2.05, 4.69) is 26.6 Å². The third-order valence-electron chi connectivity index (χ3n) is 2.73. The normalized spacial score (nSPS) is 10.2. The quantitative estimate of drug-likeness (QED) is 0.741. The minimum absolute atomic E-state index is 0.138. The fourth-order valence-electron chi connectivity index (χ4n) is 1.79. The molecule has 0 bridgehead atoms. The summed E-state index contributed by atoms with van der Waals surface area (Å²) in [7, 11) is 0. The van der Waals surface area contributed by atoms with Crippen LogP contribution in [0, 0.1) is 5.82 Å². The minimum Gasteiger partial charge on any atom is -0.326 e. The summed E-state index contributed by atoms with van der Waals surface area (Å²) in [5, 5.41) is 5.21. The van der Waals surface area contributed by atoms with Crippen LogP contribution >= 0.6 is 27.7 Å². The number of hydrogen-bond acceptors (Lipinski definition) is 3. The van der Waals surface area contributed by atoms with E-state index in [1.54, 1.807) is 24.3 Å². The van der Waals surface area contributed by atoms with Crippen molar-refractivity contribution in [2.75, 3.05) is 16.4 Å². The number of hydrogen-bond donors (Lipinski definition) is 2. The molecule has 0 atom stereocenters. The third kappa shape index (κ3) is 5.69. The molecule has 2 amide bonds. The van der Waals surface area contributed by atoms with Crippen LogP contribution in [0.4, 0.5) is 15.8 Å². The van der Waals surface area contributed by atoms with Crippen LogP contribution in [0.5, 0.6) is 0 Å². The fraction of sp³-hybridized carbons (Fsp3) is 0.125. The summed E-state index contributed by atoms with van der Waals surface area (Å²) >= 11 is 4.46. The van der Waals surface area contributed by atoms with E-state index in [1.165, 1.54) is 30.8 Å². The number of thioether (sulfide) groups is 1. The van der Waals surface area contributed by atoms with Crippen LogP contribution in [0.25, 0.3) is 0 Å². The first-order valence-corrected chi connectivity index (χ1v) is 8.47. The Morgan fingerprint density at radius 2 is 1.96 bits per heavy atom. The molecular formula is C16H14BrFN2O2S. The highest BCUT2D eigenvalue weighted by Gasteiger charge is 2.08. The Kier molecular flexibility index (Phi) is 6.18. The third-order valence-corrected chi connectivity index (χ3v) is 4.22. The smallest absolute Gasteiger partial charge is 0.234 e. The molecule has 0 heterocycles. The molecule has 0 saturated carbocycles. The average molecular weight is 397 g/mol. The molecule has 23 heavy (non-hydrogen) atoms. The van der Waals surface area contributed by atoms with E-state index >= 15 is 0 Å². The van der Waals surface area contributed by atoms with Crippen molar-refractivity contribution in [1.82, 2.24) is 0 Å². The highest BCUT2D eigenvalue weighted by atomic mass is 79.9. The molecule has 0 aromatic heterocycles. The van der Waals surface area contributed by atoms with E-state index in [0.29, 0.717) is 10.2 Å². The molecule has 0 aliphatic heterocycles. The van der Waals surface area contributed by atoms with Gasteiger partial charge in [-0.2, -0.15) is 0 Å². The second-order valence-corrected chi connectivity index (χ2v) is 6.63. The van der Waals surface area contributed by atoms with Gasteiger partial charge in [-0.25, -0.2) is 4.39 Å². The van der Waals surface area contributed by atoms with Crippen molar-refractivity contribution in [2.45, 2.75) is 11.8 Å². The second-order valence-electron chi connectivity index (χ2n) is 4.67. The molecule has 4 nitrogen and oxygen atoms in total. The predicted molar refractivity (Wildman–Crippen MR) is 94.2 cm³/mol. The Morgan fingerprint density at radius 3 is 2.65 bits per heavy atom. The lowest BCUT2D eigenvalue weighted by Gasteiger charge is -2.08. The molecule has 0 saturated heterocycles. The molecule has 0 unspecified atom stereocenters. The number of benzene rings is 2. The first-order valence-electron chi connectivity index (χ1n) is 6.69. The molecule has 0 spiro atoms. The SMILES string of the molecule is CC(=O)Nc1cccc(SCC(=O)Nc2ccc(Br)cc2F)c1. The molecule has 0 radical (unpaired) electrons. The number of carbonyl (C=O) groups is 2. The van der Waals surface area contributed by atoms with E-state index in [9.17, 15) is 14.0 Å². The first-order chi connectivity index (χ1) is 10.9. The lowest BCUT2D eigenvalue weighted by Crippen LogP contribution is -2.15. The zero-order valence-electron chi connectivity index (χ0n) is 12.2. The van der Waals surface area contributed by atoms with Crippen molar-refractivity contribution in [3.8, 4) is 0 Å². The summed E-state index contributed by atoms with van der Waals surface area (Å²) in [6.45, 7) is 1.43. The minimum atomic E-state index is -0.495. The van der Waals surface area contributed by atoms with Crippen LogP contribution in [0.1, 0.15) is 6.92 Å². The van der Waals surface area contributed by atoms with E-state index in [4.69, 9.17) is 0 Å². The van der Waals surface area contributed by atoms with Crippen LogP contribution in [0.2, 0.25) is 0 Å². The zero-order valence-corrected chi connectivity index (χ0v) is 14.6. The highest BCUT2D eigenvalue weighted by molar-refractivity contribution is 9.10. The van der Waals surface area contributed by atoms with Gasteiger partial charge in [-0.05, 0) is 36.4 Å². The van der Waals surface area contributed by atoms with Gasteiger partial charge in [-0.3, -0.25) is 9.59 Å². The standard InChI is InChI=1S/C16H14BrFN2O2S/c1-10(21)19-12-3-2-4-13(8-12)23-9-16(22)20-15-6-5-11(17)7-14(15)18/h2-8H,9H2,1H3,(H,19,21)(H,20,22). The van der Waals surface area contributed by atoms with Crippen LogP contribution < -0.4 is 10.6 Å². The summed E-state index contributed by atoms with van der Waals surface area (Å²) in [5.41, 5.74) is 0.813. The topological polar surface area (TPSA) is 58.2 Å². The van der Waals surface area contributed by atoms with Gasteiger partial charge < -0.3 is 10.6 Å². The van der Waals surface area contributed by atoms with Gasteiger partial charge in [0.15, 0.2) is 0 Å². The summed E-state index contributed by atoms with van der Waals surface area (Å²) in [5.74, 6) is -0.818. The van der Waals surface area contributed by atoms with Crippen molar-refractivity contribution in [3.63, 3.8) is 0 Å². The monoisotopic (exact) mass is 396 g/mol. The van der Waals surface area contributed by atoms with Crippen LogP contribution in [-0.4, -0.2) is 17.6 Å². The zero-order chi connectivity index (χ0) is 16.8. The van der Waals surface area contributed by atoms with Gasteiger partial charge >= 0.3 is 0 Å². The number of nitrogens with one attached hydrogen (secondary N) is 2. The van der Waals surface area contributed by atoms with Gasteiger partial charge in [0.2, 0.25) is 11.8 Å². The van der Waals surface area contributed by atoms with Crippen LogP contribution in [-0.2, 0) is 9.59 Å². The molecule has 120 valence electrons. The van der Waals surface area contributed by atoms with E-state index in [0.717, 1.165) is 4.90 Å². The largest absolute Gasteiger partial charge is 0.326 e. The van der Waals surface area contributed by atoms with Crippen LogP contribution in [0.15, 0.2) is 51.8 Å². The predicted octanol–water partition coefficient (Wildman–Crippen LogP) is 4.28. The maximum absolute atomic E-state index is 13.7. The maximum Gasteiger partial charge on any atom is 0.234 e. The van der Waals surface area contributed by atoms with E-state index < -0.39 is 5.82 Å². The molecule has 7 heteroatoms. The van der Waals surface area contributed by atoms with Gasteiger partial charge in [0.1, 0.15) is 5.82 Å². The lowest BCUT2D eigenvalue weighted by molar-refractivity contribution is -0.114. The first kappa shape index (κ1) is 17.5. The number of amides is 2. The molecule has 2 rings (SSSR count). The van der Waals surface area contributed by atoms with Crippen molar-refractivity contribution < 1.29 is 14.0 Å². The molecule has 0 aliphatic carbocycles. The Labute approximate surface area is 146 Å². The summed E-state index contributed by atoms with van der Waals surface area (Å²) < 4.78 is 14.3. The fourth-order valence-corrected chi connectivity index (χ4v) is 2.88. The van der Waals surface area contributed by atoms with Gasteiger partial charge in [-0.1, -0.05) is 22.0 Å². The summed E-state index contributed by atoms with van der Waals surface area (Å²) in [6.07, 6.45) is 0. The van der Waals surface area contributed by atoms with Crippen molar-refractivity contribution in [2.24, 2.45) is 0 Å². The molecule has 2 aromatic carbocycles. The van der Waals surface area contributed by atoms with Gasteiger partial charge in [0.05, 0.1) is 11.4 Å². The Balaban J connectivity index is 1.92. The summed E-state index contributed by atoms with van der Waals surface area (Å²) in [6, 6.07) is 11.6. The number of halogens is 2. The Hall–Kier alpha value is -1.86. The molecule has 2 aromatic rings. The highest BCUT2D eigenvalue weighted by Crippen LogP contribution is 2.23. The molecular weight excluding hydrogens is 383 g/mol. The number of carbonyl (C=O) groups excluding carboxylic acids is 2. The number of rotatable bonds is 5. The van der Waals surface area contributed by atoms with Crippen molar-refractivity contribution >= 4 is 50.9 Å². The maximum atomic E-state index is 13.7. The van der Waals surface area contributed by atoms with Crippen molar-refractivity contribution in [1.29, 1.82) is 0 Å². The van der Waals surface area contributed by atoms with E-state index in [-0.39, 0.29) is 23.3 Å². The summed E-state index contributed by atoms with van der Waals surface area (Å²) in [4.78, 5) is 23.8. The molecule has 0 fully saturated rings. The average Bonchev–Trinajstić information content (AvgIpc) is 2.48. The van der Waals surface area contributed by atoms with Crippen LogP contribution in [0.3, 0.4) is 0 Å². The van der Waals surface area contributed by atoms with Crippen molar-refractivity contribution in [3.05, 3.63) is 52.8 Å². The number of anilines is 2. The van der Waals surface area contributed by atoms with Gasteiger partial charge in [0, 0.05) is 22.0 Å². The van der Waals surface area contributed by atoms with Gasteiger partial charge in [-0.15, -0.1) is 11.8 Å². The molecule has 0 aliphatic rings.